The number of amides is 3. The van der Waals surface area contributed by atoms with Gasteiger partial charge >= 0.3 is 6.03 Å². The van der Waals surface area contributed by atoms with E-state index >= 15 is 0 Å². The van der Waals surface area contributed by atoms with Gasteiger partial charge in [-0.05, 0) is 31.4 Å². The number of carbonyl (C=O) groups excluding carboxylic acids is 2. The summed E-state index contributed by atoms with van der Waals surface area (Å²) in [6, 6.07) is 10.7. The average molecular weight is 446 g/mol. The maximum absolute atomic E-state index is 13.1. The van der Waals surface area contributed by atoms with Crippen LogP contribution in [0.2, 0.25) is 0 Å². The van der Waals surface area contributed by atoms with Gasteiger partial charge in [0.15, 0.2) is 0 Å². The van der Waals surface area contributed by atoms with Crippen molar-refractivity contribution in [2.45, 2.75) is 25.9 Å². The number of nitrogens with one attached hydrogen (secondary N) is 1. The minimum Gasteiger partial charge on any atom is -0.440 e. The molecule has 0 saturated carbocycles. The van der Waals surface area contributed by atoms with E-state index in [0.717, 1.165) is 9.35 Å². The molecule has 1 fully saturated rings. The molecule has 4 rings (SSSR count). The predicted octanol–water partition coefficient (Wildman–Crippen LogP) is 4.44. The molecule has 3 amide bonds. The van der Waals surface area contributed by atoms with Crippen LogP contribution in [-0.2, 0) is 16.9 Å². The molecule has 0 radical (unpaired) electrons. The van der Waals surface area contributed by atoms with Crippen molar-refractivity contribution < 1.29 is 14.0 Å². The van der Waals surface area contributed by atoms with E-state index in [-0.39, 0.29) is 12.5 Å². The van der Waals surface area contributed by atoms with E-state index in [0.29, 0.717) is 22.9 Å². The standard InChI is InChI=1S/C19H16BrN3O3S/c1-11-14(21-16(26-11)15-8-5-9-27-15)10-23-17(24)19(2,22-18(23)25)12-6-3-4-7-13(12)20/h3-9H,10H2,1-2H3,(H,22,25). The number of benzene rings is 1. The molecule has 2 aromatic heterocycles. The van der Waals surface area contributed by atoms with Crippen LogP contribution in [-0.4, -0.2) is 21.8 Å². The first-order valence-corrected chi connectivity index (χ1v) is 9.96. The number of rotatable bonds is 4. The molecule has 138 valence electrons. The van der Waals surface area contributed by atoms with Crippen molar-refractivity contribution in [3.05, 3.63) is 63.3 Å². The van der Waals surface area contributed by atoms with Crippen molar-refractivity contribution in [3.8, 4) is 10.8 Å². The molecule has 1 unspecified atom stereocenters. The zero-order chi connectivity index (χ0) is 19.2. The molecule has 3 aromatic rings. The molecular formula is C19H16BrN3O3S. The first kappa shape index (κ1) is 17.9. The molecule has 27 heavy (non-hydrogen) atoms. The Kier molecular flexibility index (Phi) is 4.39. The summed E-state index contributed by atoms with van der Waals surface area (Å²) in [7, 11) is 0. The zero-order valence-corrected chi connectivity index (χ0v) is 17.1. The van der Waals surface area contributed by atoms with E-state index in [4.69, 9.17) is 4.42 Å². The normalized spacial score (nSPS) is 19.6. The Labute approximate surface area is 168 Å². The van der Waals surface area contributed by atoms with Gasteiger partial charge in [-0.25, -0.2) is 9.78 Å². The predicted molar refractivity (Wildman–Crippen MR) is 105 cm³/mol. The third kappa shape index (κ3) is 2.98. The molecule has 1 atom stereocenters. The van der Waals surface area contributed by atoms with Crippen LogP contribution in [0.1, 0.15) is 23.9 Å². The van der Waals surface area contributed by atoms with Gasteiger partial charge in [-0.3, -0.25) is 9.69 Å². The van der Waals surface area contributed by atoms with E-state index in [2.05, 4.69) is 26.2 Å². The van der Waals surface area contributed by atoms with Gasteiger partial charge in [0.25, 0.3) is 5.91 Å². The van der Waals surface area contributed by atoms with Gasteiger partial charge in [0.2, 0.25) is 5.89 Å². The number of nitrogens with zero attached hydrogens (tertiary/aromatic N) is 2. The largest absolute Gasteiger partial charge is 0.440 e. The second-order valence-electron chi connectivity index (χ2n) is 6.43. The van der Waals surface area contributed by atoms with Crippen molar-refractivity contribution in [2.75, 3.05) is 0 Å². The Hall–Kier alpha value is -2.45. The van der Waals surface area contributed by atoms with E-state index < -0.39 is 11.6 Å². The van der Waals surface area contributed by atoms with Crippen LogP contribution < -0.4 is 5.32 Å². The summed E-state index contributed by atoms with van der Waals surface area (Å²) in [4.78, 5) is 32.2. The number of carbonyl (C=O) groups is 2. The summed E-state index contributed by atoms with van der Waals surface area (Å²) in [5, 5.41) is 4.75. The lowest BCUT2D eigenvalue weighted by molar-refractivity contribution is -0.131. The Morgan fingerprint density at radius 3 is 2.74 bits per heavy atom. The number of halogens is 1. The molecule has 8 heteroatoms. The van der Waals surface area contributed by atoms with Crippen LogP contribution >= 0.6 is 27.3 Å². The summed E-state index contributed by atoms with van der Waals surface area (Å²) in [6.07, 6.45) is 0. The molecule has 0 bridgehead atoms. The van der Waals surface area contributed by atoms with Crippen molar-refractivity contribution in [1.82, 2.24) is 15.2 Å². The zero-order valence-electron chi connectivity index (χ0n) is 14.7. The molecule has 0 spiro atoms. The van der Waals surface area contributed by atoms with E-state index in [1.54, 1.807) is 13.8 Å². The number of thiophene rings is 1. The Bertz CT molecular complexity index is 1030. The van der Waals surface area contributed by atoms with Gasteiger partial charge in [0.1, 0.15) is 17.0 Å². The number of aromatic nitrogens is 1. The maximum atomic E-state index is 13.1. The summed E-state index contributed by atoms with van der Waals surface area (Å²) in [5.41, 5.74) is 0.145. The average Bonchev–Trinajstić information content (AvgIpc) is 3.33. The molecule has 1 N–H and O–H groups in total. The van der Waals surface area contributed by atoms with Crippen molar-refractivity contribution in [2.24, 2.45) is 0 Å². The summed E-state index contributed by atoms with van der Waals surface area (Å²) < 4.78 is 6.48. The van der Waals surface area contributed by atoms with Crippen molar-refractivity contribution in [1.29, 1.82) is 0 Å². The smallest absolute Gasteiger partial charge is 0.325 e. The van der Waals surface area contributed by atoms with Crippen LogP contribution in [0.25, 0.3) is 10.8 Å². The van der Waals surface area contributed by atoms with Crippen LogP contribution in [0.4, 0.5) is 4.79 Å². The Morgan fingerprint density at radius 2 is 2.04 bits per heavy atom. The van der Waals surface area contributed by atoms with Gasteiger partial charge in [0.05, 0.1) is 11.4 Å². The fourth-order valence-electron chi connectivity index (χ4n) is 3.12. The number of hydrogen-bond donors (Lipinski definition) is 1. The van der Waals surface area contributed by atoms with E-state index in [9.17, 15) is 9.59 Å². The van der Waals surface area contributed by atoms with Crippen molar-refractivity contribution in [3.63, 3.8) is 0 Å². The monoisotopic (exact) mass is 445 g/mol. The molecular weight excluding hydrogens is 430 g/mol. The number of oxazole rings is 1. The Balaban J connectivity index is 1.63. The first-order valence-electron chi connectivity index (χ1n) is 8.29. The second-order valence-corrected chi connectivity index (χ2v) is 8.23. The lowest BCUT2D eigenvalue weighted by atomic mass is 9.92. The molecule has 1 saturated heterocycles. The fraction of sp³-hybridized carbons (Fsp3) is 0.211. The topological polar surface area (TPSA) is 75.4 Å². The molecule has 0 aliphatic carbocycles. The molecule has 3 heterocycles. The minimum absolute atomic E-state index is 0.0609. The van der Waals surface area contributed by atoms with Gasteiger partial charge in [-0.2, -0.15) is 0 Å². The fourth-order valence-corrected chi connectivity index (χ4v) is 4.45. The number of hydrogen-bond acceptors (Lipinski definition) is 5. The summed E-state index contributed by atoms with van der Waals surface area (Å²) >= 11 is 4.98. The molecule has 6 nitrogen and oxygen atoms in total. The van der Waals surface area contributed by atoms with Gasteiger partial charge in [-0.1, -0.05) is 40.2 Å². The van der Waals surface area contributed by atoms with Crippen LogP contribution in [0.3, 0.4) is 0 Å². The molecule has 1 aliphatic heterocycles. The highest BCUT2D eigenvalue weighted by atomic mass is 79.9. The number of imide groups is 1. The number of urea groups is 1. The third-order valence-electron chi connectivity index (χ3n) is 4.62. The highest BCUT2D eigenvalue weighted by Crippen LogP contribution is 2.35. The SMILES string of the molecule is Cc1oc(-c2cccs2)nc1CN1C(=O)NC(C)(c2ccccc2Br)C1=O. The lowest BCUT2D eigenvalue weighted by Crippen LogP contribution is -2.41. The highest BCUT2D eigenvalue weighted by Gasteiger charge is 2.50. The van der Waals surface area contributed by atoms with Gasteiger partial charge in [-0.15, -0.1) is 11.3 Å². The molecule has 1 aliphatic rings. The maximum Gasteiger partial charge on any atom is 0.325 e. The van der Waals surface area contributed by atoms with Gasteiger partial charge < -0.3 is 9.73 Å². The summed E-state index contributed by atoms with van der Waals surface area (Å²) in [6.45, 7) is 3.55. The van der Waals surface area contributed by atoms with E-state index in [1.807, 2.05) is 41.8 Å². The second kappa shape index (κ2) is 6.61. The van der Waals surface area contributed by atoms with Crippen LogP contribution in [0.5, 0.6) is 0 Å². The molecule has 1 aromatic carbocycles. The van der Waals surface area contributed by atoms with Gasteiger partial charge in [0, 0.05) is 10.0 Å². The minimum atomic E-state index is -1.13. The lowest BCUT2D eigenvalue weighted by Gasteiger charge is -2.23. The van der Waals surface area contributed by atoms with Crippen molar-refractivity contribution >= 4 is 39.2 Å². The van der Waals surface area contributed by atoms with Crippen LogP contribution in [0, 0.1) is 6.92 Å². The quantitative estimate of drug-likeness (QED) is 0.602. The number of aryl methyl sites for hydroxylation is 1. The van der Waals surface area contributed by atoms with E-state index in [1.165, 1.54) is 16.2 Å². The third-order valence-corrected chi connectivity index (χ3v) is 6.17. The Morgan fingerprint density at radius 1 is 1.26 bits per heavy atom. The summed E-state index contributed by atoms with van der Waals surface area (Å²) in [5.74, 6) is 0.770. The highest BCUT2D eigenvalue weighted by molar-refractivity contribution is 9.10. The van der Waals surface area contributed by atoms with Crippen LogP contribution in [0.15, 0.2) is 50.7 Å². The first-order chi connectivity index (χ1) is 12.9.